The van der Waals surface area contributed by atoms with Gasteiger partial charge in [0.2, 0.25) is 0 Å². The van der Waals surface area contributed by atoms with Gasteiger partial charge in [0, 0.05) is 12.4 Å². The lowest BCUT2D eigenvalue weighted by Crippen LogP contribution is -2.27. The van der Waals surface area contributed by atoms with E-state index >= 15 is 0 Å². The van der Waals surface area contributed by atoms with Gasteiger partial charge in [0.15, 0.2) is 0 Å². The number of hydrogen-bond acceptors (Lipinski definition) is 3. The number of nitrogens with zero attached hydrogens (tertiary/aromatic N) is 1. The van der Waals surface area contributed by atoms with Crippen molar-refractivity contribution in [1.29, 1.82) is 0 Å². The van der Waals surface area contributed by atoms with Gasteiger partial charge in [0.05, 0.1) is 11.3 Å². The molecular formula is C12H14N2O2. The summed E-state index contributed by atoms with van der Waals surface area (Å²) in [6.45, 7) is 5.38. The second kappa shape index (κ2) is 4.67. The average Bonchev–Trinajstić information content (AvgIpc) is 2.15. The number of carbonyl (C=O) groups excluding carboxylic acids is 1. The zero-order chi connectivity index (χ0) is 12.2. The highest BCUT2D eigenvalue weighted by Gasteiger charge is 2.16. The molecule has 0 aliphatic heterocycles. The molecule has 1 rings (SSSR count). The summed E-state index contributed by atoms with van der Waals surface area (Å²) in [7, 11) is 0. The number of rotatable bonds is 1. The van der Waals surface area contributed by atoms with E-state index in [4.69, 9.17) is 11.2 Å². The van der Waals surface area contributed by atoms with Gasteiger partial charge in [-0.05, 0) is 26.8 Å². The first-order chi connectivity index (χ1) is 7.42. The van der Waals surface area contributed by atoms with Crippen LogP contribution in [0.1, 0.15) is 26.3 Å². The Morgan fingerprint density at radius 2 is 2.25 bits per heavy atom. The summed E-state index contributed by atoms with van der Waals surface area (Å²) in [6, 6.07) is 1.62. The van der Waals surface area contributed by atoms with Crippen LogP contribution in [0.5, 0.6) is 0 Å². The van der Waals surface area contributed by atoms with Crippen LogP contribution < -0.4 is 5.32 Å². The molecule has 0 fully saturated rings. The lowest BCUT2D eigenvalue weighted by molar-refractivity contribution is 0.0636. The van der Waals surface area contributed by atoms with Crippen molar-refractivity contribution in [3.63, 3.8) is 0 Å². The van der Waals surface area contributed by atoms with E-state index < -0.39 is 11.7 Å². The Labute approximate surface area is 95.0 Å². The summed E-state index contributed by atoms with van der Waals surface area (Å²) in [4.78, 5) is 15.3. The number of anilines is 1. The Kier molecular flexibility index (Phi) is 3.51. The van der Waals surface area contributed by atoms with Crippen molar-refractivity contribution in [3.8, 4) is 12.3 Å². The second-order valence-electron chi connectivity index (χ2n) is 4.19. The summed E-state index contributed by atoms with van der Waals surface area (Å²) in [6.07, 6.45) is 7.80. The molecular weight excluding hydrogens is 204 g/mol. The Balaban J connectivity index is 2.75. The molecule has 0 bridgehead atoms. The molecule has 0 aromatic carbocycles. The molecule has 0 atom stereocenters. The van der Waals surface area contributed by atoms with Gasteiger partial charge in [-0.3, -0.25) is 10.3 Å². The number of ether oxygens (including phenoxy) is 1. The minimum atomic E-state index is -0.534. The molecule has 1 aromatic rings. The summed E-state index contributed by atoms with van der Waals surface area (Å²) < 4.78 is 5.10. The third kappa shape index (κ3) is 3.62. The topological polar surface area (TPSA) is 51.2 Å². The monoisotopic (exact) mass is 218 g/mol. The van der Waals surface area contributed by atoms with Crippen LogP contribution in [0.2, 0.25) is 0 Å². The highest BCUT2D eigenvalue weighted by atomic mass is 16.6. The first-order valence-corrected chi connectivity index (χ1v) is 4.83. The Morgan fingerprint density at radius 1 is 1.56 bits per heavy atom. The van der Waals surface area contributed by atoms with Gasteiger partial charge < -0.3 is 4.74 Å². The van der Waals surface area contributed by atoms with E-state index in [1.165, 1.54) is 6.20 Å². The Hall–Kier alpha value is -2.02. The maximum atomic E-state index is 11.5. The molecule has 0 radical (unpaired) electrons. The Morgan fingerprint density at radius 3 is 2.81 bits per heavy atom. The SMILES string of the molecule is C#Cc1cnccc1NC(=O)OC(C)(C)C. The number of carbonyl (C=O) groups is 1. The maximum Gasteiger partial charge on any atom is 0.412 e. The summed E-state index contributed by atoms with van der Waals surface area (Å²) >= 11 is 0. The molecule has 84 valence electrons. The molecule has 1 aromatic heterocycles. The number of amides is 1. The molecule has 0 aliphatic rings. The van der Waals surface area contributed by atoms with Gasteiger partial charge >= 0.3 is 6.09 Å². The molecule has 1 N–H and O–H groups in total. The summed E-state index contributed by atoms with van der Waals surface area (Å²) in [5.74, 6) is 2.43. The van der Waals surface area contributed by atoms with Crippen molar-refractivity contribution >= 4 is 11.8 Å². The number of aromatic nitrogens is 1. The van der Waals surface area contributed by atoms with Gasteiger partial charge in [-0.25, -0.2) is 4.79 Å². The van der Waals surface area contributed by atoms with E-state index in [0.717, 1.165) is 0 Å². The first kappa shape index (κ1) is 12.1. The van der Waals surface area contributed by atoms with Crippen LogP contribution in [0.15, 0.2) is 18.5 Å². The molecule has 4 heteroatoms. The van der Waals surface area contributed by atoms with E-state index in [1.807, 2.05) is 0 Å². The van der Waals surface area contributed by atoms with Crippen molar-refractivity contribution in [2.45, 2.75) is 26.4 Å². The van der Waals surface area contributed by atoms with E-state index in [2.05, 4.69) is 16.2 Å². The quantitative estimate of drug-likeness (QED) is 0.736. The molecule has 0 spiro atoms. The van der Waals surface area contributed by atoms with Gasteiger partial charge in [-0.1, -0.05) is 5.92 Å². The van der Waals surface area contributed by atoms with Crippen LogP contribution in [0.3, 0.4) is 0 Å². The van der Waals surface area contributed by atoms with Crippen LogP contribution >= 0.6 is 0 Å². The molecule has 0 saturated carbocycles. The van der Waals surface area contributed by atoms with Crippen molar-refractivity contribution < 1.29 is 9.53 Å². The van der Waals surface area contributed by atoms with Crippen LogP contribution in [0.4, 0.5) is 10.5 Å². The number of terminal acetylenes is 1. The van der Waals surface area contributed by atoms with Gasteiger partial charge in [-0.2, -0.15) is 0 Å². The zero-order valence-electron chi connectivity index (χ0n) is 9.57. The first-order valence-electron chi connectivity index (χ1n) is 4.83. The molecule has 1 heterocycles. The van der Waals surface area contributed by atoms with E-state index in [-0.39, 0.29) is 0 Å². The molecule has 0 saturated heterocycles. The van der Waals surface area contributed by atoms with Crippen molar-refractivity contribution in [1.82, 2.24) is 4.98 Å². The van der Waals surface area contributed by atoms with Crippen molar-refractivity contribution in [2.75, 3.05) is 5.32 Å². The van der Waals surface area contributed by atoms with Crippen LogP contribution in [-0.4, -0.2) is 16.7 Å². The average molecular weight is 218 g/mol. The maximum absolute atomic E-state index is 11.5. The third-order valence-electron chi connectivity index (χ3n) is 1.61. The van der Waals surface area contributed by atoms with E-state index in [0.29, 0.717) is 11.3 Å². The molecule has 4 nitrogen and oxygen atoms in total. The lowest BCUT2D eigenvalue weighted by Gasteiger charge is -2.19. The third-order valence-corrected chi connectivity index (χ3v) is 1.61. The number of pyridine rings is 1. The molecule has 0 aliphatic carbocycles. The van der Waals surface area contributed by atoms with Crippen LogP contribution in [0, 0.1) is 12.3 Å². The molecule has 0 unspecified atom stereocenters. The normalized spacial score (nSPS) is 10.4. The second-order valence-corrected chi connectivity index (χ2v) is 4.19. The minimum Gasteiger partial charge on any atom is -0.444 e. The highest BCUT2D eigenvalue weighted by Crippen LogP contribution is 2.14. The predicted molar refractivity (Wildman–Crippen MR) is 62.0 cm³/mol. The lowest BCUT2D eigenvalue weighted by atomic mass is 10.2. The van der Waals surface area contributed by atoms with Crippen LogP contribution in [-0.2, 0) is 4.74 Å². The number of hydrogen-bond donors (Lipinski definition) is 1. The molecule has 16 heavy (non-hydrogen) atoms. The fourth-order valence-electron chi connectivity index (χ4n) is 1.03. The smallest absolute Gasteiger partial charge is 0.412 e. The largest absolute Gasteiger partial charge is 0.444 e. The van der Waals surface area contributed by atoms with Gasteiger partial charge in [0.1, 0.15) is 5.60 Å². The fraction of sp³-hybridized carbons (Fsp3) is 0.333. The summed E-state index contributed by atoms with van der Waals surface area (Å²) in [5, 5.41) is 2.57. The zero-order valence-corrected chi connectivity index (χ0v) is 9.57. The predicted octanol–water partition coefficient (Wildman–Crippen LogP) is 2.41. The van der Waals surface area contributed by atoms with Crippen molar-refractivity contribution in [3.05, 3.63) is 24.0 Å². The standard InChI is InChI=1S/C12H14N2O2/c1-5-9-8-13-7-6-10(9)14-11(15)16-12(2,3)4/h1,6-8H,2-4H3,(H,13,14,15). The Bertz CT molecular complexity index is 427. The van der Waals surface area contributed by atoms with Crippen molar-refractivity contribution in [2.24, 2.45) is 0 Å². The van der Waals surface area contributed by atoms with Crippen LogP contribution in [0.25, 0.3) is 0 Å². The summed E-state index contributed by atoms with van der Waals surface area (Å²) in [5.41, 5.74) is 0.507. The number of nitrogens with one attached hydrogen (secondary N) is 1. The highest BCUT2D eigenvalue weighted by molar-refractivity contribution is 5.86. The van der Waals surface area contributed by atoms with E-state index in [1.54, 1.807) is 33.0 Å². The molecule has 1 amide bonds. The van der Waals surface area contributed by atoms with Gasteiger partial charge in [0.25, 0.3) is 0 Å². The van der Waals surface area contributed by atoms with E-state index in [9.17, 15) is 4.79 Å². The van der Waals surface area contributed by atoms with Gasteiger partial charge in [-0.15, -0.1) is 6.42 Å². The minimum absolute atomic E-state index is 0.520. The fourth-order valence-corrected chi connectivity index (χ4v) is 1.03.